The molecule has 152 valence electrons. The fourth-order valence-corrected chi connectivity index (χ4v) is 4.23. The number of methoxy groups -OCH3 is 1. The van der Waals surface area contributed by atoms with E-state index in [9.17, 15) is 8.78 Å². The van der Waals surface area contributed by atoms with Crippen molar-refractivity contribution in [3.05, 3.63) is 102 Å². The second-order valence-corrected chi connectivity index (χ2v) is 7.31. The molecule has 0 aliphatic carbocycles. The van der Waals surface area contributed by atoms with Crippen molar-refractivity contribution in [1.29, 1.82) is 0 Å². The number of benzene rings is 5. The zero-order valence-corrected chi connectivity index (χ0v) is 16.6. The number of hydrogen-bond donors (Lipinski definition) is 0. The molecule has 5 aromatic rings. The van der Waals surface area contributed by atoms with Crippen LogP contribution in [0.5, 0.6) is 5.75 Å². The Bertz CT molecular complexity index is 1440. The zero-order chi connectivity index (χ0) is 21.5. The summed E-state index contributed by atoms with van der Waals surface area (Å²) in [5.41, 5.74) is 2.31. The van der Waals surface area contributed by atoms with Crippen LogP contribution in [0.3, 0.4) is 0 Å². The lowest BCUT2D eigenvalue weighted by Gasteiger charge is -2.18. The SMILES string of the molecule is COc1ccc(-c2c3ccccc3c(-c3ccc(F)cc3F)c3cccc(F)c23)cc1. The second kappa shape index (κ2) is 7.47. The lowest BCUT2D eigenvalue weighted by molar-refractivity contribution is 0.415. The summed E-state index contributed by atoms with van der Waals surface area (Å²) < 4.78 is 49.0. The molecule has 1 nitrogen and oxygen atoms in total. The molecule has 31 heavy (non-hydrogen) atoms. The minimum Gasteiger partial charge on any atom is -0.497 e. The van der Waals surface area contributed by atoms with Crippen LogP contribution in [0.1, 0.15) is 0 Å². The highest BCUT2D eigenvalue weighted by atomic mass is 19.1. The maximum atomic E-state index is 15.3. The third kappa shape index (κ3) is 3.12. The molecular formula is C27H17F3O. The third-order valence-corrected chi connectivity index (χ3v) is 5.58. The van der Waals surface area contributed by atoms with Crippen molar-refractivity contribution in [2.75, 3.05) is 7.11 Å². The molecular weight excluding hydrogens is 397 g/mol. The first-order chi connectivity index (χ1) is 15.1. The fraction of sp³-hybridized carbons (Fsp3) is 0.0370. The van der Waals surface area contributed by atoms with E-state index in [1.54, 1.807) is 19.2 Å². The van der Waals surface area contributed by atoms with Crippen molar-refractivity contribution in [3.63, 3.8) is 0 Å². The van der Waals surface area contributed by atoms with Crippen LogP contribution in [0, 0.1) is 17.5 Å². The van der Waals surface area contributed by atoms with E-state index in [4.69, 9.17) is 4.74 Å². The summed E-state index contributed by atoms with van der Waals surface area (Å²) in [6.45, 7) is 0. The Balaban J connectivity index is 1.98. The quantitative estimate of drug-likeness (QED) is 0.274. The molecule has 0 aliphatic rings. The number of halogens is 3. The van der Waals surface area contributed by atoms with E-state index in [1.807, 2.05) is 48.5 Å². The van der Waals surface area contributed by atoms with Gasteiger partial charge in [0, 0.05) is 28.1 Å². The molecule has 0 unspecified atom stereocenters. The average molecular weight is 414 g/mol. The standard InChI is InChI=1S/C27H17F3O/c1-31-18-12-9-16(10-13-18)25-19-5-2-3-6-20(19)26(21-14-11-17(28)15-24(21)30)22-7-4-8-23(29)27(22)25/h2-15H,1H3. The van der Waals surface area contributed by atoms with Gasteiger partial charge in [-0.25, -0.2) is 13.2 Å². The second-order valence-electron chi connectivity index (χ2n) is 7.31. The molecule has 0 heterocycles. The summed E-state index contributed by atoms with van der Waals surface area (Å²) in [6, 6.07) is 23.2. The van der Waals surface area contributed by atoms with Gasteiger partial charge >= 0.3 is 0 Å². The molecule has 0 radical (unpaired) electrons. The normalized spacial score (nSPS) is 11.2. The van der Waals surface area contributed by atoms with Gasteiger partial charge in [-0.2, -0.15) is 0 Å². The number of ether oxygens (including phenoxy) is 1. The maximum Gasteiger partial charge on any atom is 0.133 e. The van der Waals surface area contributed by atoms with Crippen LogP contribution in [0.25, 0.3) is 43.8 Å². The Morgan fingerprint density at radius 3 is 1.97 bits per heavy atom. The molecule has 4 heteroatoms. The maximum absolute atomic E-state index is 15.3. The minimum atomic E-state index is -0.687. The smallest absolute Gasteiger partial charge is 0.133 e. The first-order valence-corrected chi connectivity index (χ1v) is 9.81. The Labute approximate surface area is 177 Å². The van der Waals surface area contributed by atoms with Crippen LogP contribution in [0.15, 0.2) is 84.9 Å². The third-order valence-electron chi connectivity index (χ3n) is 5.58. The zero-order valence-electron chi connectivity index (χ0n) is 16.6. The van der Waals surface area contributed by atoms with Crippen molar-refractivity contribution < 1.29 is 17.9 Å². The molecule has 0 fully saturated rings. The molecule has 0 N–H and O–H groups in total. The van der Waals surface area contributed by atoms with Crippen LogP contribution in [0.2, 0.25) is 0 Å². The number of rotatable bonds is 3. The molecule has 5 rings (SSSR count). The topological polar surface area (TPSA) is 9.23 Å². The van der Waals surface area contributed by atoms with Crippen LogP contribution in [-0.4, -0.2) is 7.11 Å². The van der Waals surface area contributed by atoms with Gasteiger partial charge in [-0.3, -0.25) is 0 Å². The Kier molecular flexibility index (Phi) is 4.63. The van der Waals surface area contributed by atoms with Crippen LogP contribution < -0.4 is 4.74 Å². The lowest BCUT2D eigenvalue weighted by Crippen LogP contribution is -1.95. The summed E-state index contributed by atoms with van der Waals surface area (Å²) in [4.78, 5) is 0. The van der Waals surface area contributed by atoms with Gasteiger partial charge in [0.05, 0.1) is 7.11 Å². The molecule has 0 atom stereocenters. The van der Waals surface area contributed by atoms with Crippen molar-refractivity contribution in [2.45, 2.75) is 0 Å². The predicted octanol–water partition coefficient (Wildman–Crippen LogP) is 7.75. The first-order valence-electron chi connectivity index (χ1n) is 9.81. The van der Waals surface area contributed by atoms with Crippen molar-refractivity contribution >= 4 is 21.5 Å². The average Bonchev–Trinajstić information content (AvgIpc) is 2.79. The van der Waals surface area contributed by atoms with E-state index >= 15 is 4.39 Å². The van der Waals surface area contributed by atoms with Gasteiger partial charge in [-0.05, 0) is 52.1 Å². The highest BCUT2D eigenvalue weighted by Gasteiger charge is 2.20. The van der Waals surface area contributed by atoms with Crippen molar-refractivity contribution in [3.8, 4) is 28.0 Å². The van der Waals surface area contributed by atoms with E-state index in [-0.39, 0.29) is 5.56 Å². The summed E-state index contributed by atoms with van der Waals surface area (Å²) >= 11 is 0. The lowest BCUT2D eigenvalue weighted by atomic mass is 9.85. The fourth-order valence-electron chi connectivity index (χ4n) is 4.23. The van der Waals surface area contributed by atoms with Gasteiger partial charge in [0.25, 0.3) is 0 Å². The van der Waals surface area contributed by atoms with E-state index in [2.05, 4.69) is 0 Å². The summed E-state index contributed by atoms with van der Waals surface area (Å²) in [7, 11) is 1.59. The van der Waals surface area contributed by atoms with Gasteiger partial charge in [-0.1, -0.05) is 48.5 Å². The van der Waals surface area contributed by atoms with Gasteiger partial charge in [0.1, 0.15) is 23.2 Å². The minimum absolute atomic E-state index is 0.231. The van der Waals surface area contributed by atoms with Crippen molar-refractivity contribution in [2.24, 2.45) is 0 Å². The highest BCUT2D eigenvalue weighted by molar-refractivity contribution is 6.21. The van der Waals surface area contributed by atoms with E-state index in [1.165, 1.54) is 18.2 Å². The van der Waals surface area contributed by atoms with Gasteiger partial charge < -0.3 is 4.74 Å². The first kappa shape index (κ1) is 19.2. The van der Waals surface area contributed by atoms with E-state index in [0.29, 0.717) is 22.1 Å². The molecule has 0 saturated heterocycles. The number of hydrogen-bond acceptors (Lipinski definition) is 1. The predicted molar refractivity (Wildman–Crippen MR) is 119 cm³/mol. The molecule has 0 bridgehead atoms. The highest BCUT2D eigenvalue weighted by Crippen LogP contribution is 2.45. The molecule has 5 aromatic carbocycles. The summed E-state index contributed by atoms with van der Waals surface area (Å²) in [6.07, 6.45) is 0. The van der Waals surface area contributed by atoms with Crippen LogP contribution >= 0.6 is 0 Å². The number of fused-ring (bicyclic) bond motifs is 2. The Morgan fingerprint density at radius 1 is 0.613 bits per heavy atom. The summed E-state index contributed by atoms with van der Waals surface area (Å²) in [5.74, 6) is -1.05. The van der Waals surface area contributed by atoms with Gasteiger partial charge in [0.2, 0.25) is 0 Å². The van der Waals surface area contributed by atoms with Gasteiger partial charge in [0.15, 0.2) is 0 Å². The Hall–Kier alpha value is -3.79. The molecule has 0 amide bonds. The molecule has 0 aliphatic heterocycles. The molecule has 0 spiro atoms. The molecule has 0 saturated carbocycles. The van der Waals surface area contributed by atoms with Crippen LogP contribution in [-0.2, 0) is 0 Å². The Morgan fingerprint density at radius 2 is 1.29 bits per heavy atom. The van der Waals surface area contributed by atoms with E-state index in [0.717, 1.165) is 28.0 Å². The summed E-state index contributed by atoms with van der Waals surface area (Å²) in [5, 5.41) is 2.50. The van der Waals surface area contributed by atoms with Crippen LogP contribution in [0.4, 0.5) is 13.2 Å². The van der Waals surface area contributed by atoms with E-state index < -0.39 is 17.5 Å². The van der Waals surface area contributed by atoms with Gasteiger partial charge in [-0.15, -0.1) is 0 Å². The van der Waals surface area contributed by atoms with Crippen molar-refractivity contribution in [1.82, 2.24) is 0 Å². The molecule has 0 aromatic heterocycles. The monoisotopic (exact) mass is 414 g/mol. The largest absolute Gasteiger partial charge is 0.497 e.